The van der Waals surface area contributed by atoms with E-state index in [2.05, 4.69) is 31.0 Å². The van der Waals surface area contributed by atoms with Crippen LogP contribution in [0.15, 0.2) is 47.7 Å². The van der Waals surface area contributed by atoms with Crippen LogP contribution in [-0.2, 0) is 0 Å². The van der Waals surface area contributed by atoms with Crippen LogP contribution in [0.4, 0.5) is 16.0 Å². The Morgan fingerprint density at radius 2 is 1.96 bits per heavy atom. The Kier molecular flexibility index (Phi) is 5.24. The second-order valence-electron chi connectivity index (χ2n) is 4.69. The highest BCUT2D eigenvalue weighted by molar-refractivity contribution is 7.19. The summed E-state index contributed by atoms with van der Waals surface area (Å²) >= 11 is 13.3. The molecule has 0 aliphatic rings. The summed E-state index contributed by atoms with van der Waals surface area (Å²) in [5, 5.41) is 17.6. The summed E-state index contributed by atoms with van der Waals surface area (Å²) in [6.07, 6.45) is 1.72. The first-order chi connectivity index (χ1) is 11.6. The minimum atomic E-state index is 0.510. The molecule has 0 unspecified atom stereocenters. The van der Waals surface area contributed by atoms with Gasteiger partial charge >= 0.3 is 0 Å². The van der Waals surface area contributed by atoms with Crippen LogP contribution >= 0.6 is 34.5 Å². The fraction of sp³-hybridized carbons (Fsp3) is 0.0667. The minimum absolute atomic E-state index is 0.510. The number of aromatic nitrogens is 3. The van der Waals surface area contributed by atoms with Gasteiger partial charge in [-0.15, -0.1) is 10.2 Å². The van der Waals surface area contributed by atoms with Crippen LogP contribution < -0.4 is 10.7 Å². The van der Waals surface area contributed by atoms with Crippen molar-refractivity contribution in [2.24, 2.45) is 5.10 Å². The molecule has 0 radical (unpaired) electrons. The number of halogens is 2. The molecule has 0 aliphatic carbocycles. The molecule has 0 fully saturated rings. The van der Waals surface area contributed by atoms with E-state index in [1.54, 1.807) is 24.4 Å². The Bertz CT molecular complexity index is 865. The van der Waals surface area contributed by atoms with E-state index in [0.717, 1.165) is 11.4 Å². The van der Waals surface area contributed by atoms with Crippen molar-refractivity contribution in [2.45, 2.75) is 6.92 Å². The van der Waals surface area contributed by atoms with Gasteiger partial charge in [-0.3, -0.25) is 10.4 Å². The Hall–Kier alpha value is -2.22. The van der Waals surface area contributed by atoms with E-state index >= 15 is 0 Å². The lowest BCUT2D eigenvalue weighted by Crippen LogP contribution is -2.01. The molecule has 122 valence electrons. The third kappa shape index (κ3) is 4.19. The highest BCUT2D eigenvalue weighted by atomic mass is 35.5. The molecular formula is C15H12Cl2N6S. The van der Waals surface area contributed by atoms with Crippen LogP contribution in [0.2, 0.25) is 10.0 Å². The van der Waals surface area contributed by atoms with Gasteiger partial charge in [-0.2, -0.15) is 5.10 Å². The molecule has 2 heterocycles. The van der Waals surface area contributed by atoms with Crippen LogP contribution in [0.3, 0.4) is 0 Å². The molecule has 0 spiro atoms. The smallest absolute Gasteiger partial charge is 0.227 e. The monoisotopic (exact) mass is 378 g/mol. The fourth-order valence-corrected chi connectivity index (χ4v) is 2.85. The maximum absolute atomic E-state index is 6.12. The molecule has 2 aromatic heterocycles. The molecule has 0 bridgehead atoms. The first-order valence-corrected chi connectivity index (χ1v) is 8.46. The number of rotatable bonds is 5. The summed E-state index contributed by atoms with van der Waals surface area (Å²) in [5.74, 6) is 0. The molecule has 3 aromatic rings. The van der Waals surface area contributed by atoms with E-state index in [9.17, 15) is 0 Å². The molecule has 24 heavy (non-hydrogen) atoms. The second kappa shape index (κ2) is 7.57. The summed E-state index contributed by atoms with van der Waals surface area (Å²) < 4.78 is 0. The largest absolute Gasteiger partial charge is 0.329 e. The average Bonchev–Trinajstić information content (AvgIpc) is 3.03. The summed E-state index contributed by atoms with van der Waals surface area (Å²) in [4.78, 5) is 4.23. The molecular weight excluding hydrogens is 367 g/mol. The van der Waals surface area contributed by atoms with Crippen molar-refractivity contribution < 1.29 is 0 Å². The maximum Gasteiger partial charge on any atom is 0.227 e. The highest BCUT2D eigenvalue weighted by Crippen LogP contribution is 2.30. The van der Waals surface area contributed by atoms with Crippen molar-refractivity contribution in [3.05, 3.63) is 58.3 Å². The lowest BCUT2D eigenvalue weighted by molar-refractivity contribution is 1.08. The van der Waals surface area contributed by atoms with Gasteiger partial charge in [-0.1, -0.05) is 40.6 Å². The minimum Gasteiger partial charge on any atom is -0.329 e. The van der Waals surface area contributed by atoms with Gasteiger partial charge in [0.1, 0.15) is 0 Å². The van der Waals surface area contributed by atoms with E-state index in [4.69, 9.17) is 23.2 Å². The van der Waals surface area contributed by atoms with Gasteiger partial charge in [0.2, 0.25) is 10.3 Å². The number of anilines is 3. The number of pyridine rings is 1. The lowest BCUT2D eigenvalue weighted by atomic mass is 10.3. The normalized spacial score (nSPS) is 11.4. The van der Waals surface area contributed by atoms with Gasteiger partial charge in [0.25, 0.3) is 0 Å². The van der Waals surface area contributed by atoms with Crippen molar-refractivity contribution in [2.75, 3.05) is 10.7 Å². The van der Waals surface area contributed by atoms with Crippen molar-refractivity contribution in [1.82, 2.24) is 15.2 Å². The van der Waals surface area contributed by atoms with Crippen LogP contribution in [0.25, 0.3) is 0 Å². The van der Waals surface area contributed by atoms with Gasteiger partial charge in [-0.05, 0) is 37.3 Å². The Balaban J connectivity index is 1.67. The number of nitrogens with one attached hydrogen (secondary N) is 2. The van der Waals surface area contributed by atoms with Gasteiger partial charge in [0.05, 0.1) is 22.1 Å². The van der Waals surface area contributed by atoms with Crippen LogP contribution in [0, 0.1) is 0 Å². The third-order valence-corrected chi connectivity index (χ3v) is 4.24. The highest BCUT2D eigenvalue weighted by Gasteiger charge is 2.07. The lowest BCUT2D eigenvalue weighted by Gasteiger charge is -2.04. The Morgan fingerprint density at radius 3 is 2.71 bits per heavy atom. The Morgan fingerprint density at radius 1 is 1.12 bits per heavy atom. The van der Waals surface area contributed by atoms with Gasteiger partial charge in [0, 0.05) is 11.2 Å². The summed E-state index contributed by atoms with van der Waals surface area (Å²) in [6, 6.07) is 10.8. The van der Waals surface area contributed by atoms with Crippen molar-refractivity contribution in [1.29, 1.82) is 0 Å². The summed E-state index contributed by atoms with van der Waals surface area (Å²) in [6.45, 7) is 1.86. The second-order valence-corrected chi connectivity index (χ2v) is 6.51. The summed E-state index contributed by atoms with van der Waals surface area (Å²) in [7, 11) is 0. The van der Waals surface area contributed by atoms with E-state index in [0.29, 0.717) is 26.0 Å². The molecule has 0 atom stereocenters. The summed E-state index contributed by atoms with van der Waals surface area (Å²) in [5.41, 5.74) is 5.12. The standard InChI is InChI=1S/C15H12Cl2N6S/c1-9(12-4-2-3-7-18-12)20-22-15-23-21-14(24-15)19-13-6-5-10(16)8-11(13)17/h2-8H,1H3,(H,19,21)(H,22,23)/b20-9+. The Labute approximate surface area is 152 Å². The molecule has 0 saturated carbocycles. The topological polar surface area (TPSA) is 75.1 Å². The molecule has 9 heteroatoms. The number of hydrogen-bond acceptors (Lipinski definition) is 7. The van der Waals surface area contributed by atoms with Crippen LogP contribution in [-0.4, -0.2) is 20.9 Å². The quantitative estimate of drug-likeness (QED) is 0.491. The average molecular weight is 379 g/mol. The van der Waals surface area contributed by atoms with Gasteiger partial charge in [-0.25, -0.2) is 0 Å². The van der Waals surface area contributed by atoms with Gasteiger partial charge in [0.15, 0.2) is 0 Å². The zero-order valence-electron chi connectivity index (χ0n) is 12.5. The molecule has 0 aliphatic heterocycles. The predicted molar refractivity (Wildman–Crippen MR) is 99.7 cm³/mol. The number of nitrogens with zero attached hydrogens (tertiary/aromatic N) is 4. The number of hydrogen-bond donors (Lipinski definition) is 2. The first-order valence-electron chi connectivity index (χ1n) is 6.89. The van der Waals surface area contributed by atoms with Gasteiger partial charge < -0.3 is 5.32 Å². The molecule has 1 aromatic carbocycles. The molecule has 0 saturated heterocycles. The van der Waals surface area contributed by atoms with Crippen molar-refractivity contribution in [3.63, 3.8) is 0 Å². The molecule has 6 nitrogen and oxygen atoms in total. The van der Waals surface area contributed by atoms with Crippen LogP contribution in [0.5, 0.6) is 0 Å². The zero-order chi connectivity index (χ0) is 16.9. The van der Waals surface area contributed by atoms with Crippen LogP contribution in [0.1, 0.15) is 12.6 Å². The molecule has 0 amide bonds. The first kappa shape index (κ1) is 16.6. The van der Waals surface area contributed by atoms with Crippen molar-refractivity contribution >= 4 is 56.2 Å². The number of hydrazone groups is 1. The van der Waals surface area contributed by atoms with Crippen molar-refractivity contribution in [3.8, 4) is 0 Å². The zero-order valence-corrected chi connectivity index (χ0v) is 14.8. The van der Waals surface area contributed by atoms with E-state index < -0.39 is 0 Å². The number of benzene rings is 1. The van der Waals surface area contributed by atoms with E-state index in [1.165, 1.54) is 11.3 Å². The molecule has 2 N–H and O–H groups in total. The third-order valence-electron chi connectivity index (χ3n) is 2.95. The van der Waals surface area contributed by atoms with E-state index in [1.807, 2.05) is 25.1 Å². The maximum atomic E-state index is 6.12. The molecule has 3 rings (SSSR count). The SMILES string of the molecule is C/C(=N\Nc1nnc(Nc2ccc(Cl)cc2Cl)s1)c1ccccn1. The fourth-order valence-electron chi connectivity index (χ4n) is 1.79. The van der Waals surface area contributed by atoms with E-state index in [-0.39, 0.29) is 0 Å². The predicted octanol–water partition coefficient (Wildman–Crippen LogP) is 4.82.